The van der Waals surface area contributed by atoms with Crippen LogP contribution in [0.2, 0.25) is 0 Å². The number of esters is 1. The first-order chi connectivity index (χ1) is 13.2. The Kier molecular flexibility index (Phi) is 6.59. The first-order valence-electron chi connectivity index (χ1n) is 8.62. The first kappa shape index (κ1) is 19.1. The Bertz CT molecular complexity index is 793. The standard InChI is InChI=1S/C20H21NO5S/c1-24-15-6-8-16(9-7-15)25-12-13-26-20(23)10-11-21-17-4-2-3-5-18(17)27-14-19(21)22/h2-9H,10-14H2,1H3. The van der Waals surface area contributed by atoms with Crippen molar-refractivity contribution in [2.24, 2.45) is 0 Å². The summed E-state index contributed by atoms with van der Waals surface area (Å²) < 4.78 is 15.8. The molecule has 0 aromatic heterocycles. The van der Waals surface area contributed by atoms with Crippen molar-refractivity contribution in [2.75, 3.05) is 37.5 Å². The van der Waals surface area contributed by atoms with Crippen LogP contribution in [0.1, 0.15) is 6.42 Å². The molecule has 27 heavy (non-hydrogen) atoms. The van der Waals surface area contributed by atoms with Crippen LogP contribution in [0, 0.1) is 0 Å². The summed E-state index contributed by atoms with van der Waals surface area (Å²) in [5.41, 5.74) is 0.856. The highest BCUT2D eigenvalue weighted by molar-refractivity contribution is 8.00. The van der Waals surface area contributed by atoms with Crippen molar-refractivity contribution in [1.82, 2.24) is 0 Å². The lowest BCUT2D eigenvalue weighted by Crippen LogP contribution is -2.37. The van der Waals surface area contributed by atoms with Gasteiger partial charge in [0.15, 0.2) is 0 Å². The Hall–Kier alpha value is -2.67. The predicted octanol–water partition coefficient (Wildman–Crippen LogP) is 3.15. The minimum atomic E-state index is -0.350. The zero-order valence-electron chi connectivity index (χ0n) is 15.1. The third-order valence-corrected chi connectivity index (χ3v) is 5.07. The number of anilines is 1. The van der Waals surface area contributed by atoms with Gasteiger partial charge in [0, 0.05) is 11.4 Å². The van der Waals surface area contributed by atoms with Crippen LogP contribution in [-0.4, -0.2) is 44.5 Å². The van der Waals surface area contributed by atoms with Crippen molar-refractivity contribution in [1.29, 1.82) is 0 Å². The van der Waals surface area contributed by atoms with Crippen LogP contribution in [0.4, 0.5) is 5.69 Å². The molecule has 1 heterocycles. The third-order valence-electron chi connectivity index (χ3n) is 4.02. The minimum absolute atomic E-state index is 0.00865. The zero-order chi connectivity index (χ0) is 19.1. The van der Waals surface area contributed by atoms with E-state index in [-0.39, 0.29) is 31.5 Å². The minimum Gasteiger partial charge on any atom is -0.497 e. The molecule has 0 atom stereocenters. The molecule has 1 aliphatic rings. The number of carbonyl (C=O) groups is 2. The van der Waals surface area contributed by atoms with Gasteiger partial charge in [0.25, 0.3) is 0 Å². The molecule has 0 aliphatic carbocycles. The van der Waals surface area contributed by atoms with Gasteiger partial charge in [-0.25, -0.2) is 0 Å². The van der Waals surface area contributed by atoms with Crippen LogP contribution in [0.25, 0.3) is 0 Å². The SMILES string of the molecule is COc1ccc(OCCOC(=O)CCN2C(=O)CSc3ccccc32)cc1. The summed E-state index contributed by atoms with van der Waals surface area (Å²) in [6.07, 6.45) is 0.146. The predicted molar refractivity (Wildman–Crippen MR) is 104 cm³/mol. The van der Waals surface area contributed by atoms with Crippen LogP contribution >= 0.6 is 11.8 Å². The lowest BCUT2D eigenvalue weighted by Gasteiger charge is -2.28. The van der Waals surface area contributed by atoms with E-state index >= 15 is 0 Å². The number of rotatable bonds is 8. The Labute approximate surface area is 162 Å². The Morgan fingerprint density at radius 3 is 2.59 bits per heavy atom. The van der Waals surface area contributed by atoms with E-state index in [9.17, 15) is 9.59 Å². The third kappa shape index (κ3) is 5.17. The monoisotopic (exact) mass is 387 g/mol. The maximum atomic E-state index is 12.2. The lowest BCUT2D eigenvalue weighted by atomic mass is 10.2. The Morgan fingerprint density at radius 1 is 1.07 bits per heavy atom. The van der Waals surface area contributed by atoms with Gasteiger partial charge in [0.05, 0.1) is 25.0 Å². The summed E-state index contributed by atoms with van der Waals surface area (Å²) in [6, 6.07) is 14.9. The second-order valence-corrected chi connectivity index (χ2v) is 6.81. The molecule has 0 saturated heterocycles. The Morgan fingerprint density at radius 2 is 1.81 bits per heavy atom. The van der Waals surface area contributed by atoms with E-state index in [0.29, 0.717) is 18.0 Å². The summed E-state index contributed by atoms with van der Waals surface area (Å²) in [4.78, 5) is 26.8. The average Bonchev–Trinajstić information content (AvgIpc) is 2.71. The molecule has 7 heteroatoms. The average molecular weight is 387 g/mol. The van der Waals surface area contributed by atoms with E-state index < -0.39 is 0 Å². The largest absolute Gasteiger partial charge is 0.497 e. The molecule has 142 valence electrons. The summed E-state index contributed by atoms with van der Waals surface area (Å²) >= 11 is 1.52. The summed E-state index contributed by atoms with van der Waals surface area (Å²) in [6.45, 7) is 0.736. The molecule has 1 aliphatic heterocycles. The van der Waals surface area contributed by atoms with Crippen LogP contribution in [-0.2, 0) is 14.3 Å². The van der Waals surface area contributed by atoms with Crippen molar-refractivity contribution in [2.45, 2.75) is 11.3 Å². The number of carbonyl (C=O) groups excluding carboxylic acids is 2. The van der Waals surface area contributed by atoms with Crippen molar-refractivity contribution in [3.05, 3.63) is 48.5 Å². The summed E-state index contributed by atoms with van der Waals surface area (Å²) in [5, 5.41) is 0. The maximum Gasteiger partial charge on any atom is 0.307 e. The van der Waals surface area contributed by atoms with E-state index in [0.717, 1.165) is 16.3 Å². The van der Waals surface area contributed by atoms with Gasteiger partial charge in [-0.2, -0.15) is 0 Å². The fraction of sp³-hybridized carbons (Fsp3) is 0.300. The summed E-state index contributed by atoms with van der Waals surface area (Å²) in [5.74, 6) is 1.48. The molecule has 6 nitrogen and oxygen atoms in total. The lowest BCUT2D eigenvalue weighted by molar-refractivity contribution is -0.144. The van der Waals surface area contributed by atoms with Gasteiger partial charge in [0.1, 0.15) is 24.7 Å². The van der Waals surface area contributed by atoms with Gasteiger partial charge in [0.2, 0.25) is 5.91 Å². The number of ether oxygens (including phenoxy) is 3. The van der Waals surface area contributed by atoms with E-state index in [1.165, 1.54) is 11.8 Å². The molecule has 0 spiro atoms. The first-order valence-corrected chi connectivity index (χ1v) is 9.60. The Balaban J connectivity index is 1.40. The van der Waals surface area contributed by atoms with Gasteiger partial charge in [-0.15, -0.1) is 11.8 Å². The van der Waals surface area contributed by atoms with E-state index in [4.69, 9.17) is 14.2 Å². The van der Waals surface area contributed by atoms with Crippen molar-refractivity contribution < 1.29 is 23.8 Å². The molecule has 0 fully saturated rings. The number of benzene rings is 2. The zero-order valence-corrected chi connectivity index (χ0v) is 15.9. The van der Waals surface area contributed by atoms with E-state index in [1.807, 2.05) is 24.3 Å². The molecule has 0 N–H and O–H groups in total. The molecular weight excluding hydrogens is 366 g/mol. The number of fused-ring (bicyclic) bond motifs is 1. The second-order valence-electron chi connectivity index (χ2n) is 5.80. The number of thioether (sulfide) groups is 1. The van der Waals surface area contributed by atoms with Crippen LogP contribution in [0.5, 0.6) is 11.5 Å². The fourth-order valence-electron chi connectivity index (χ4n) is 2.66. The van der Waals surface area contributed by atoms with E-state index in [2.05, 4.69) is 0 Å². The molecule has 2 aromatic carbocycles. The highest BCUT2D eigenvalue weighted by Crippen LogP contribution is 2.34. The smallest absolute Gasteiger partial charge is 0.307 e. The van der Waals surface area contributed by atoms with E-state index in [1.54, 1.807) is 36.3 Å². The molecule has 0 radical (unpaired) electrons. The highest BCUT2D eigenvalue weighted by Gasteiger charge is 2.24. The van der Waals surface area contributed by atoms with Crippen LogP contribution < -0.4 is 14.4 Å². The molecule has 2 aromatic rings. The second kappa shape index (κ2) is 9.32. The molecule has 3 rings (SSSR count). The number of para-hydroxylation sites is 1. The maximum absolute atomic E-state index is 12.2. The number of amides is 1. The fourth-order valence-corrected chi connectivity index (χ4v) is 3.60. The van der Waals surface area contributed by atoms with Gasteiger partial charge in [-0.1, -0.05) is 12.1 Å². The molecule has 1 amide bonds. The molecule has 0 unspecified atom stereocenters. The van der Waals surface area contributed by atoms with Crippen molar-refractivity contribution in [3.63, 3.8) is 0 Å². The van der Waals surface area contributed by atoms with Crippen molar-refractivity contribution in [3.8, 4) is 11.5 Å². The van der Waals surface area contributed by atoms with Crippen LogP contribution in [0.15, 0.2) is 53.4 Å². The van der Waals surface area contributed by atoms with Gasteiger partial charge in [-0.3, -0.25) is 9.59 Å². The topological polar surface area (TPSA) is 65.1 Å². The normalized spacial score (nSPS) is 13.1. The highest BCUT2D eigenvalue weighted by atomic mass is 32.2. The number of nitrogens with zero attached hydrogens (tertiary/aromatic N) is 1. The van der Waals surface area contributed by atoms with Gasteiger partial charge < -0.3 is 19.1 Å². The molecule has 0 saturated carbocycles. The number of hydrogen-bond donors (Lipinski definition) is 0. The van der Waals surface area contributed by atoms with Crippen LogP contribution in [0.3, 0.4) is 0 Å². The molecular formula is C20H21NO5S. The van der Waals surface area contributed by atoms with Crippen molar-refractivity contribution >= 4 is 29.3 Å². The summed E-state index contributed by atoms with van der Waals surface area (Å²) in [7, 11) is 1.60. The number of hydrogen-bond acceptors (Lipinski definition) is 6. The number of methoxy groups -OCH3 is 1. The molecule has 0 bridgehead atoms. The quantitative estimate of drug-likeness (QED) is 0.512. The van der Waals surface area contributed by atoms with Gasteiger partial charge in [-0.05, 0) is 36.4 Å². The van der Waals surface area contributed by atoms with Gasteiger partial charge >= 0.3 is 5.97 Å².